The molecule has 142 valence electrons. The molecule has 0 amide bonds. The van der Waals surface area contributed by atoms with Gasteiger partial charge < -0.3 is 9.72 Å². The summed E-state index contributed by atoms with van der Waals surface area (Å²) in [4.78, 5) is 6.26. The topological polar surface area (TPSA) is 128 Å². The molecule has 0 bridgehead atoms. The Morgan fingerprint density at radius 2 is 1.89 bits per heavy atom. The van der Waals surface area contributed by atoms with Crippen LogP contribution >= 0.6 is 0 Å². The Morgan fingerprint density at radius 3 is 2.50 bits per heavy atom. The molecular weight excluding hydrogens is 382 g/mol. The van der Waals surface area contributed by atoms with E-state index in [2.05, 4.69) is 30.0 Å². The van der Waals surface area contributed by atoms with Crippen molar-refractivity contribution in [3.63, 3.8) is 0 Å². The van der Waals surface area contributed by atoms with Crippen LogP contribution in [0.25, 0.3) is 5.82 Å². The van der Waals surface area contributed by atoms with E-state index in [4.69, 9.17) is 4.74 Å². The van der Waals surface area contributed by atoms with Crippen molar-refractivity contribution in [2.24, 2.45) is 0 Å². The van der Waals surface area contributed by atoms with Gasteiger partial charge in [0.1, 0.15) is 5.75 Å². The van der Waals surface area contributed by atoms with Gasteiger partial charge in [-0.25, -0.2) is 9.67 Å². The first-order valence-corrected chi connectivity index (χ1v) is 9.63. The third kappa shape index (κ3) is 3.83. The molecule has 3 aromatic heterocycles. The number of ether oxygens (including phenoxy) is 1. The number of benzene rings is 1. The number of aromatic nitrogens is 6. The van der Waals surface area contributed by atoms with E-state index in [0.29, 0.717) is 23.1 Å². The fraction of sp³-hybridized carbons (Fsp3) is 0.0588. The van der Waals surface area contributed by atoms with E-state index in [9.17, 15) is 8.42 Å². The first kappa shape index (κ1) is 17.7. The van der Waals surface area contributed by atoms with E-state index in [1.807, 2.05) is 13.0 Å². The van der Waals surface area contributed by atoms with Gasteiger partial charge in [0.15, 0.2) is 10.8 Å². The lowest BCUT2D eigenvalue weighted by Gasteiger charge is -2.08. The minimum Gasteiger partial charge on any atom is -0.438 e. The minimum absolute atomic E-state index is 0.0180. The molecule has 0 atom stereocenters. The highest BCUT2D eigenvalue weighted by atomic mass is 32.2. The molecule has 11 heteroatoms. The first-order valence-electron chi connectivity index (χ1n) is 8.15. The summed E-state index contributed by atoms with van der Waals surface area (Å²) >= 11 is 0. The van der Waals surface area contributed by atoms with Crippen molar-refractivity contribution in [3.05, 3.63) is 66.9 Å². The Balaban J connectivity index is 1.43. The number of nitrogens with one attached hydrogen (secondary N) is 2. The summed E-state index contributed by atoms with van der Waals surface area (Å²) in [6.07, 6.45) is 4.32. The summed E-state index contributed by atoms with van der Waals surface area (Å²) in [5.41, 5.74) is 1.27. The van der Waals surface area contributed by atoms with Gasteiger partial charge in [0, 0.05) is 18.0 Å². The Kier molecular flexibility index (Phi) is 4.49. The highest BCUT2D eigenvalue weighted by molar-refractivity contribution is 7.92. The Bertz CT molecular complexity index is 1170. The molecule has 0 fully saturated rings. The van der Waals surface area contributed by atoms with Gasteiger partial charge >= 0.3 is 0 Å². The van der Waals surface area contributed by atoms with Crippen LogP contribution in [0, 0.1) is 6.92 Å². The van der Waals surface area contributed by atoms with Crippen LogP contribution in [0.15, 0.2) is 66.2 Å². The third-order valence-electron chi connectivity index (χ3n) is 3.67. The normalized spacial score (nSPS) is 11.3. The Morgan fingerprint density at radius 1 is 1.07 bits per heavy atom. The van der Waals surface area contributed by atoms with Crippen molar-refractivity contribution >= 4 is 15.7 Å². The zero-order valence-corrected chi connectivity index (χ0v) is 15.5. The Hall–Kier alpha value is -3.73. The number of anilines is 1. The lowest BCUT2D eigenvalue weighted by molar-refractivity contribution is 0.454. The number of nitrogens with zero attached hydrogens (tertiary/aromatic N) is 5. The van der Waals surface area contributed by atoms with Crippen molar-refractivity contribution in [2.45, 2.75) is 11.9 Å². The second-order valence-electron chi connectivity index (χ2n) is 5.78. The van der Waals surface area contributed by atoms with E-state index in [0.717, 1.165) is 5.69 Å². The van der Waals surface area contributed by atoms with Crippen molar-refractivity contribution in [2.75, 3.05) is 4.72 Å². The number of H-pyrrole nitrogens is 1. The van der Waals surface area contributed by atoms with Crippen LogP contribution in [0.3, 0.4) is 0 Å². The standard InChI is InChI=1S/C17H15N7O3S/c1-12-8-9-24(22-12)15-6-7-16(21-20-15)27-14-4-2-13(3-5-14)23-28(25,26)17-10-18-11-19-17/h2-11,23H,1H3,(H,18,19). The van der Waals surface area contributed by atoms with Crippen LogP contribution in [-0.4, -0.2) is 38.4 Å². The van der Waals surface area contributed by atoms with Crippen LogP contribution in [0.5, 0.6) is 11.6 Å². The second-order valence-corrected chi connectivity index (χ2v) is 7.43. The molecule has 0 unspecified atom stereocenters. The van der Waals surface area contributed by atoms with E-state index >= 15 is 0 Å². The molecule has 1 aromatic carbocycles. The smallest absolute Gasteiger partial charge is 0.278 e. The molecule has 0 aliphatic heterocycles. The fourth-order valence-electron chi connectivity index (χ4n) is 2.34. The van der Waals surface area contributed by atoms with Gasteiger partial charge in [-0.2, -0.15) is 13.5 Å². The molecule has 0 aliphatic carbocycles. The zero-order chi connectivity index (χ0) is 19.6. The average molecular weight is 397 g/mol. The summed E-state index contributed by atoms with van der Waals surface area (Å²) in [7, 11) is -3.71. The lowest BCUT2D eigenvalue weighted by atomic mass is 10.3. The van der Waals surface area contributed by atoms with Crippen LogP contribution in [0.4, 0.5) is 5.69 Å². The van der Waals surface area contributed by atoms with Crippen LogP contribution in [0.1, 0.15) is 5.69 Å². The van der Waals surface area contributed by atoms with Gasteiger partial charge in [0.2, 0.25) is 5.88 Å². The molecular formula is C17H15N7O3S. The number of imidazole rings is 1. The second kappa shape index (κ2) is 7.12. The number of rotatable bonds is 6. The maximum Gasteiger partial charge on any atom is 0.278 e. The number of aromatic amines is 1. The van der Waals surface area contributed by atoms with Gasteiger partial charge in [0.05, 0.1) is 18.2 Å². The largest absolute Gasteiger partial charge is 0.438 e. The maximum atomic E-state index is 12.2. The average Bonchev–Trinajstić information content (AvgIpc) is 3.36. The molecule has 4 rings (SSSR count). The van der Waals surface area contributed by atoms with Gasteiger partial charge in [-0.1, -0.05) is 0 Å². The summed E-state index contributed by atoms with van der Waals surface area (Å²) < 4.78 is 34.0. The summed E-state index contributed by atoms with van der Waals surface area (Å²) in [5, 5.41) is 12.3. The molecule has 10 nitrogen and oxygen atoms in total. The Labute approximate surface area is 160 Å². The molecule has 0 radical (unpaired) electrons. The number of aryl methyl sites for hydroxylation is 1. The van der Waals surface area contributed by atoms with E-state index < -0.39 is 10.0 Å². The third-order valence-corrected chi connectivity index (χ3v) is 4.98. The van der Waals surface area contributed by atoms with Gasteiger partial charge in [-0.05, 0) is 43.3 Å². The van der Waals surface area contributed by atoms with Crippen LogP contribution in [-0.2, 0) is 10.0 Å². The van der Waals surface area contributed by atoms with E-state index in [1.54, 1.807) is 47.3 Å². The van der Waals surface area contributed by atoms with Crippen LogP contribution in [0.2, 0.25) is 0 Å². The van der Waals surface area contributed by atoms with Crippen molar-refractivity contribution in [1.82, 2.24) is 29.9 Å². The molecule has 3 heterocycles. The fourth-order valence-corrected chi connectivity index (χ4v) is 3.31. The monoisotopic (exact) mass is 397 g/mol. The minimum atomic E-state index is -3.71. The van der Waals surface area contributed by atoms with Crippen molar-refractivity contribution < 1.29 is 13.2 Å². The van der Waals surface area contributed by atoms with E-state index in [1.165, 1.54) is 12.5 Å². The highest BCUT2D eigenvalue weighted by Gasteiger charge is 2.15. The molecule has 0 saturated carbocycles. The SMILES string of the molecule is Cc1ccn(-c2ccc(Oc3ccc(NS(=O)(=O)c4cnc[nH]4)cc3)nn2)n1. The zero-order valence-electron chi connectivity index (χ0n) is 14.6. The summed E-state index contributed by atoms with van der Waals surface area (Å²) in [6, 6.07) is 11.7. The number of hydrogen-bond donors (Lipinski definition) is 2. The highest BCUT2D eigenvalue weighted by Crippen LogP contribution is 2.22. The van der Waals surface area contributed by atoms with E-state index in [-0.39, 0.29) is 5.03 Å². The first-order chi connectivity index (χ1) is 13.5. The summed E-state index contributed by atoms with van der Waals surface area (Å²) in [5.74, 6) is 1.36. The van der Waals surface area contributed by atoms with Crippen molar-refractivity contribution in [3.8, 4) is 17.4 Å². The molecule has 2 N–H and O–H groups in total. The van der Waals surface area contributed by atoms with Gasteiger partial charge in [-0.15, -0.1) is 10.2 Å². The lowest BCUT2D eigenvalue weighted by Crippen LogP contribution is -2.13. The molecule has 4 aromatic rings. The van der Waals surface area contributed by atoms with Crippen molar-refractivity contribution in [1.29, 1.82) is 0 Å². The predicted octanol–water partition coefficient (Wildman–Crippen LogP) is 2.29. The molecule has 0 aliphatic rings. The maximum absolute atomic E-state index is 12.2. The van der Waals surface area contributed by atoms with Gasteiger partial charge in [-0.3, -0.25) is 4.72 Å². The molecule has 28 heavy (non-hydrogen) atoms. The van der Waals surface area contributed by atoms with Crippen LogP contribution < -0.4 is 9.46 Å². The molecule has 0 saturated heterocycles. The number of hydrogen-bond acceptors (Lipinski definition) is 7. The number of sulfonamides is 1. The summed E-state index contributed by atoms with van der Waals surface area (Å²) in [6.45, 7) is 1.89. The quantitative estimate of drug-likeness (QED) is 0.511. The molecule has 0 spiro atoms. The predicted molar refractivity (Wildman–Crippen MR) is 99.8 cm³/mol. The van der Waals surface area contributed by atoms with Gasteiger partial charge in [0.25, 0.3) is 10.0 Å².